The molecule has 0 spiro atoms. The molecule has 3 rings (SSSR count). The van der Waals surface area contributed by atoms with Crippen molar-refractivity contribution in [2.75, 3.05) is 12.4 Å². The first-order valence-corrected chi connectivity index (χ1v) is 10.8. The molecule has 1 aromatic heterocycles. The molecule has 0 radical (unpaired) electrons. The number of carbonyl (C=O) groups excluding carboxylic acids is 1. The van der Waals surface area contributed by atoms with Gasteiger partial charge in [-0.3, -0.25) is 0 Å². The van der Waals surface area contributed by atoms with Gasteiger partial charge >= 0.3 is 13.1 Å². The van der Waals surface area contributed by atoms with Gasteiger partial charge in [-0.1, -0.05) is 26.3 Å². The van der Waals surface area contributed by atoms with Crippen LogP contribution in [-0.2, 0) is 14.0 Å². The molecule has 1 saturated heterocycles. The second-order valence-electron chi connectivity index (χ2n) is 8.61. The minimum Gasteiger partial charge on any atom is -0.465 e. The van der Waals surface area contributed by atoms with Gasteiger partial charge in [-0.2, -0.15) is 5.26 Å². The van der Waals surface area contributed by atoms with E-state index in [0.717, 1.165) is 6.21 Å². The zero-order valence-corrected chi connectivity index (χ0v) is 20.3. The largest absolute Gasteiger partial charge is 0.494 e. The molecule has 9 heteroatoms. The van der Waals surface area contributed by atoms with Crippen LogP contribution in [0.1, 0.15) is 69.6 Å². The van der Waals surface area contributed by atoms with Crippen molar-refractivity contribution in [1.82, 2.24) is 4.98 Å². The zero-order valence-electron chi connectivity index (χ0n) is 20.3. The highest BCUT2D eigenvalue weighted by atomic mass is 16.7. The molecule has 0 aliphatic carbocycles. The number of rotatable bonds is 5. The van der Waals surface area contributed by atoms with E-state index in [1.807, 2.05) is 33.8 Å². The Morgan fingerprint density at radius 2 is 1.85 bits per heavy atom. The van der Waals surface area contributed by atoms with Crippen molar-refractivity contribution in [2.45, 2.75) is 59.2 Å². The minimum atomic E-state index is -0.711. The maximum absolute atomic E-state index is 12.4. The molecule has 0 amide bonds. The predicted octanol–water partition coefficient (Wildman–Crippen LogP) is 4.20. The van der Waals surface area contributed by atoms with Crippen molar-refractivity contribution in [3.63, 3.8) is 0 Å². The third kappa shape index (κ3) is 5.78. The second kappa shape index (κ2) is 10.6. The molecule has 1 aliphatic rings. The Morgan fingerprint density at radius 1 is 1.24 bits per heavy atom. The van der Waals surface area contributed by atoms with Gasteiger partial charge in [-0.25, -0.2) is 9.78 Å². The molecule has 2 N–H and O–H groups in total. The van der Waals surface area contributed by atoms with Gasteiger partial charge in [-0.15, -0.1) is 0 Å². The van der Waals surface area contributed by atoms with Crippen LogP contribution in [0.4, 0.5) is 11.5 Å². The highest BCUT2D eigenvalue weighted by Gasteiger charge is 2.52. The Bertz CT molecular complexity index is 1050. The number of benzene rings is 1. The molecule has 0 bridgehead atoms. The lowest BCUT2D eigenvalue weighted by Crippen LogP contribution is -2.41. The fraction of sp³-hybridized carbons (Fsp3) is 0.417. The molecule has 1 aromatic carbocycles. The van der Waals surface area contributed by atoms with Crippen molar-refractivity contribution in [3.05, 3.63) is 47.2 Å². The van der Waals surface area contributed by atoms with Crippen molar-refractivity contribution in [3.8, 4) is 6.07 Å². The van der Waals surface area contributed by atoms with E-state index < -0.39 is 24.3 Å². The smallest absolute Gasteiger partial charge is 0.465 e. The predicted molar refractivity (Wildman–Crippen MR) is 130 cm³/mol. The fourth-order valence-electron chi connectivity index (χ4n) is 3.03. The molecule has 0 unspecified atom stereocenters. The molecule has 0 saturated carbocycles. The van der Waals surface area contributed by atoms with Gasteiger partial charge in [0.25, 0.3) is 0 Å². The zero-order chi connectivity index (χ0) is 24.8. The first-order chi connectivity index (χ1) is 15.5. The number of nitrogens with one attached hydrogen (secondary N) is 2. The Hall–Kier alpha value is -3.22. The average Bonchev–Trinajstić information content (AvgIpc) is 3.00. The molecular formula is C24H31BN4O4. The molecule has 0 atom stereocenters. The topological polar surface area (TPSA) is 117 Å². The number of nitriles is 1. The normalized spacial score (nSPS) is 15.6. The van der Waals surface area contributed by atoms with E-state index in [2.05, 4.69) is 24.1 Å². The molecule has 1 fully saturated rings. The summed E-state index contributed by atoms with van der Waals surface area (Å²) >= 11 is 0. The fourth-order valence-corrected chi connectivity index (χ4v) is 3.03. The van der Waals surface area contributed by atoms with E-state index in [0.29, 0.717) is 22.5 Å². The lowest BCUT2D eigenvalue weighted by atomic mass is 9.77. The maximum Gasteiger partial charge on any atom is 0.494 e. The van der Waals surface area contributed by atoms with Crippen LogP contribution in [0.15, 0.2) is 30.3 Å². The Balaban J connectivity index is 0.00000122. The number of nitrogens with zero attached hydrogens (tertiary/aromatic N) is 2. The van der Waals surface area contributed by atoms with Crippen molar-refractivity contribution in [2.24, 2.45) is 0 Å². The summed E-state index contributed by atoms with van der Waals surface area (Å²) in [7, 11) is 0.569. The van der Waals surface area contributed by atoms with Crippen molar-refractivity contribution in [1.29, 1.82) is 10.7 Å². The van der Waals surface area contributed by atoms with Gasteiger partial charge in [0.1, 0.15) is 17.6 Å². The average molecular weight is 450 g/mol. The highest BCUT2D eigenvalue weighted by Crippen LogP contribution is 2.37. The SMILES string of the molecule is CCC.COC(=O)c1cc(B2OC(C)(C)C(C)(C)O2)cc(Nc2cccc(C#N)n2)c1C=N. The van der Waals surface area contributed by atoms with Crippen LogP contribution < -0.4 is 10.8 Å². The Kier molecular flexibility index (Phi) is 8.37. The van der Waals surface area contributed by atoms with Gasteiger partial charge < -0.3 is 24.8 Å². The number of hydrogen-bond acceptors (Lipinski definition) is 8. The molecule has 2 aromatic rings. The van der Waals surface area contributed by atoms with Crippen LogP contribution in [0.2, 0.25) is 0 Å². The maximum atomic E-state index is 12.4. The molecular weight excluding hydrogens is 419 g/mol. The standard InChI is InChI=1S/C21H23BN4O4.C3H8/c1-20(2)21(3,4)30-22(29-20)13-9-15(19(27)28-5)16(12-24)17(10-13)26-18-8-6-7-14(11-23)25-18;1-3-2/h6-10,12,24H,1-5H3,(H,25,26);3H2,1-2H3. The summed E-state index contributed by atoms with van der Waals surface area (Å²) in [5.74, 6) is -0.187. The summed E-state index contributed by atoms with van der Waals surface area (Å²) in [6, 6.07) is 10.3. The summed E-state index contributed by atoms with van der Waals surface area (Å²) in [4.78, 5) is 16.6. The van der Waals surface area contributed by atoms with E-state index in [-0.39, 0.29) is 11.3 Å². The molecule has 2 heterocycles. The molecule has 33 heavy (non-hydrogen) atoms. The summed E-state index contributed by atoms with van der Waals surface area (Å²) in [5.41, 5.74) is 0.689. The number of ether oxygens (including phenoxy) is 1. The third-order valence-corrected chi connectivity index (χ3v) is 5.40. The van der Waals surface area contributed by atoms with Crippen LogP contribution in [0.5, 0.6) is 0 Å². The van der Waals surface area contributed by atoms with Crippen molar-refractivity contribution >= 4 is 36.3 Å². The summed E-state index contributed by atoms with van der Waals surface area (Å²) in [5, 5.41) is 20.0. The van der Waals surface area contributed by atoms with Crippen molar-refractivity contribution < 1.29 is 18.8 Å². The van der Waals surface area contributed by atoms with Gasteiger partial charge in [0, 0.05) is 17.5 Å². The number of carbonyl (C=O) groups is 1. The van der Waals surface area contributed by atoms with E-state index >= 15 is 0 Å². The number of aromatic nitrogens is 1. The number of hydrogen-bond donors (Lipinski definition) is 2. The van der Waals surface area contributed by atoms with Gasteiger partial charge in [0.2, 0.25) is 0 Å². The number of anilines is 2. The lowest BCUT2D eigenvalue weighted by Gasteiger charge is -2.32. The monoisotopic (exact) mass is 450 g/mol. The Morgan fingerprint density at radius 3 is 2.36 bits per heavy atom. The van der Waals surface area contributed by atoms with Crippen LogP contribution in [0.25, 0.3) is 0 Å². The Labute approximate surface area is 195 Å². The molecule has 1 aliphatic heterocycles. The van der Waals surface area contributed by atoms with E-state index in [4.69, 9.17) is 24.7 Å². The number of esters is 1. The first kappa shape index (κ1) is 26.0. The van der Waals surface area contributed by atoms with Crippen LogP contribution in [0.3, 0.4) is 0 Å². The van der Waals surface area contributed by atoms with Crippen LogP contribution in [0, 0.1) is 16.7 Å². The van der Waals surface area contributed by atoms with Crippen LogP contribution in [-0.4, -0.2) is 42.6 Å². The van der Waals surface area contributed by atoms with Gasteiger partial charge in [0.05, 0.1) is 23.9 Å². The third-order valence-electron chi connectivity index (χ3n) is 5.40. The molecule has 8 nitrogen and oxygen atoms in total. The second-order valence-corrected chi connectivity index (χ2v) is 8.61. The number of pyridine rings is 1. The van der Waals surface area contributed by atoms with Gasteiger partial charge in [0.15, 0.2) is 0 Å². The van der Waals surface area contributed by atoms with Crippen LogP contribution >= 0.6 is 0 Å². The lowest BCUT2D eigenvalue weighted by molar-refractivity contribution is 0.00578. The molecule has 174 valence electrons. The summed E-state index contributed by atoms with van der Waals surface area (Å²) < 4.78 is 17.1. The van der Waals surface area contributed by atoms with E-state index in [9.17, 15) is 4.79 Å². The first-order valence-electron chi connectivity index (χ1n) is 10.8. The van der Waals surface area contributed by atoms with E-state index in [1.165, 1.54) is 13.5 Å². The minimum absolute atomic E-state index is 0.193. The quantitative estimate of drug-likeness (QED) is 0.398. The van der Waals surface area contributed by atoms with Gasteiger partial charge in [-0.05, 0) is 57.4 Å². The van der Waals surface area contributed by atoms with E-state index in [1.54, 1.807) is 30.3 Å². The number of methoxy groups -OCH3 is 1. The summed E-state index contributed by atoms with van der Waals surface area (Å²) in [6.45, 7) is 12.0. The highest BCUT2D eigenvalue weighted by molar-refractivity contribution is 6.62. The summed E-state index contributed by atoms with van der Waals surface area (Å²) in [6.07, 6.45) is 2.32.